The monoisotopic (exact) mass is 241 g/mol. The van der Waals surface area contributed by atoms with Gasteiger partial charge >= 0.3 is 0 Å². The summed E-state index contributed by atoms with van der Waals surface area (Å²) in [7, 11) is 3.65. The van der Waals surface area contributed by atoms with Crippen molar-refractivity contribution in [3.8, 4) is 5.75 Å². The van der Waals surface area contributed by atoms with Gasteiger partial charge in [0.25, 0.3) is 0 Å². The molecule has 0 radical (unpaired) electrons. The van der Waals surface area contributed by atoms with Crippen molar-refractivity contribution in [2.75, 3.05) is 20.0 Å². The molecule has 1 N–H and O–H groups in total. The van der Waals surface area contributed by atoms with Crippen molar-refractivity contribution in [3.05, 3.63) is 28.3 Å². The summed E-state index contributed by atoms with van der Waals surface area (Å²) in [5.74, 6) is 1.55. The SMILES string of the molecule is CNC(CCl)c1cc(C)c(OC)c(C)c1C. The molecule has 0 saturated heterocycles. The Kier molecular flexibility index (Phi) is 4.63. The molecule has 16 heavy (non-hydrogen) atoms. The molecule has 0 aliphatic carbocycles. The first-order valence-electron chi connectivity index (χ1n) is 5.44. The Morgan fingerprint density at radius 2 is 1.94 bits per heavy atom. The summed E-state index contributed by atoms with van der Waals surface area (Å²) in [5.41, 5.74) is 4.87. The number of aryl methyl sites for hydroxylation is 1. The molecule has 0 bridgehead atoms. The highest BCUT2D eigenvalue weighted by Gasteiger charge is 2.16. The molecular weight excluding hydrogens is 222 g/mol. The molecule has 2 nitrogen and oxygen atoms in total. The van der Waals surface area contributed by atoms with Gasteiger partial charge in [-0.05, 0) is 50.1 Å². The van der Waals surface area contributed by atoms with Gasteiger partial charge in [0.05, 0.1) is 7.11 Å². The number of hydrogen-bond donors (Lipinski definition) is 1. The molecule has 0 aromatic heterocycles. The second-order valence-corrected chi connectivity index (χ2v) is 4.37. The maximum atomic E-state index is 5.96. The highest BCUT2D eigenvalue weighted by Crippen LogP contribution is 2.31. The van der Waals surface area contributed by atoms with E-state index in [9.17, 15) is 0 Å². The number of ether oxygens (including phenoxy) is 1. The smallest absolute Gasteiger partial charge is 0.124 e. The molecule has 0 heterocycles. The van der Waals surface area contributed by atoms with Gasteiger partial charge < -0.3 is 10.1 Å². The predicted octanol–water partition coefficient (Wildman–Crippen LogP) is 3.12. The van der Waals surface area contributed by atoms with E-state index in [1.165, 1.54) is 16.7 Å². The van der Waals surface area contributed by atoms with Crippen LogP contribution in [0.25, 0.3) is 0 Å². The molecule has 1 atom stereocenters. The van der Waals surface area contributed by atoms with Crippen molar-refractivity contribution in [1.82, 2.24) is 5.32 Å². The van der Waals surface area contributed by atoms with Gasteiger partial charge in [0.1, 0.15) is 5.75 Å². The van der Waals surface area contributed by atoms with Gasteiger partial charge in [-0.2, -0.15) is 0 Å². The van der Waals surface area contributed by atoms with Crippen molar-refractivity contribution < 1.29 is 4.74 Å². The van der Waals surface area contributed by atoms with Crippen molar-refractivity contribution in [3.63, 3.8) is 0 Å². The predicted molar refractivity (Wildman–Crippen MR) is 69.7 cm³/mol. The Balaban J connectivity index is 3.32. The quantitative estimate of drug-likeness (QED) is 0.818. The Labute approximate surface area is 103 Å². The Bertz CT molecular complexity index is 373. The van der Waals surface area contributed by atoms with E-state index in [1.54, 1.807) is 7.11 Å². The molecule has 0 saturated carbocycles. The van der Waals surface area contributed by atoms with E-state index in [2.05, 4.69) is 32.2 Å². The highest BCUT2D eigenvalue weighted by atomic mass is 35.5. The number of alkyl halides is 1. The average molecular weight is 242 g/mol. The van der Waals surface area contributed by atoms with Crippen LogP contribution < -0.4 is 10.1 Å². The zero-order chi connectivity index (χ0) is 12.3. The molecular formula is C13H20ClNO. The fourth-order valence-corrected chi connectivity index (χ4v) is 2.40. The zero-order valence-electron chi connectivity index (χ0n) is 10.6. The topological polar surface area (TPSA) is 21.3 Å². The van der Waals surface area contributed by atoms with Crippen LogP contribution >= 0.6 is 11.6 Å². The lowest BCUT2D eigenvalue weighted by Gasteiger charge is -2.21. The standard InChI is InChI=1S/C13H20ClNO/c1-8-6-11(12(7-14)15-4)9(2)10(3)13(8)16-5/h6,12,15H,7H2,1-5H3. The molecule has 90 valence electrons. The molecule has 1 aromatic carbocycles. The first-order valence-corrected chi connectivity index (χ1v) is 5.98. The van der Waals surface area contributed by atoms with E-state index in [-0.39, 0.29) is 6.04 Å². The number of rotatable bonds is 4. The van der Waals surface area contributed by atoms with E-state index < -0.39 is 0 Å². The number of benzene rings is 1. The van der Waals surface area contributed by atoms with E-state index in [0.29, 0.717) is 5.88 Å². The number of hydrogen-bond acceptors (Lipinski definition) is 2. The van der Waals surface area contributed by atoms with Crippen LogP contribution in [-0.2, 0) is 0 Å². The second-order valence-electron chi connectivity index (χ2n) is 4.06. The first-order chi connectivity index (χ1) is 7.56. The van der Waals surface area contributed by atoms with Crippen molar-refractivity contribution >= 4 is 11.6 Å². The average Bonchev–Trinajstić information content (AvgIpc) is 2.27. The van der Waals surface area contributed by atoms with E-state index in [0.717, 1.165) is 11.3 Å². The number of methoxy groups -OCH3 is 1. The minimum atomic E-state index is 0.199. The normalized spacial score (nSPS) is 12.6. The summed E-state index contributed by atoms with van der Waals surface area (Å²) < 4.78 is 5.41. The molecule has 1 rings (SSSR count). The third-order valence-corrected chi connectivity index (χ3v) is 3.46. The number of halogens is 1. The third kappa shape index (κ3) is 2.33. The summed E-state index contributed by atoms with van der Waals surface area (Å²) in [4.78, 5) is 0. The molecule has 3 heteroatoms. The van der Waals surface area contributed by atoms with Gasteiger partial charge in [-0.3, -0.25) is 0 Å². The lowest BCUT2D eigenvalue weighted by atomic mass is 9.94. The summed E-state index contributed by atoms with van der Waals surface area (Å²) in [6, 6.07) is 2.36. The summed E-state index contributed by atoms with van der Waals surface area (Å²) in [6.45, 7) is 6.27. The van der Waals surface area contributed by atoms with Crippen LogP contribution in [0.15, 0.2) is 6.07 Å². The van der Waals surface area contributed by atoms with Gasteiger partial charge in [-0.25, -0.2) is 0 Å². The van der Waals surface area contributed by atoms with Crippen molar-refractivity contribution in [1.29, 1.82) is 0 Å². The van der Waals surface area contributed by atoms with Crippen LogP contribution in [0.1, 0.15) is 28.3 Å². The van der Waals surface area contributed by atoms with Crippen LogP contribution in [0.4, 0.5) is 0 Å². The van der Waals surface area contributed by atoms with Gasteiger partial charge in [0, 0.05) is 11.9 Å². The zero-order valence-corrected chi connectivity index (χ0v) is 11.4. The van der Waals surface area contributed by atoms with Crippen molar-refractivity contribution in [2.24, 2.45) is 0 Å². The Morgan fingerprint density at radius 1 is 1.31 bits per heavy atom. The Hall–Kier alpha value is -0.730. The van der Waals surface area contributed by atoms with Gasteiger partial charge in [0.2, 0.25) is 0 Å². The van der Waals surface area contributed by atoms with E-state index in [4.69, 9.17) is 16.3 Å². The molecule has 0 spiro atoms. The molecule has 0 aliphatic rings. The highest BCUT2D eigenvalue weighted by molar-refractivity contribution is 6.18. The molecule has 0 amide bonds. The van der Waals surface area contributed by atoms with Crippen LogP contribution in [-0.4, -0.2) is 20.0 Å². The second kappa shape index (κ2) is 5.55. The minimum absolute atomic E-state index is 0.199. The Morgan fingerprint density at radius 3 is 2.38 bits per heavy atom. The maximum absolute atomic E-state index is 5.96. The minimum Gasteiger partial charge on any atom is -0.496 e. The van der Waals surface area contributed by atoms with E-state index in [1.807, 2.05) is 7.05 Å². The summed E-state index contributed by atoms with van der Waals surface area (Å²) in [5, 5.41) is 3.23. The van der Waals surface area contributed by atoms with Crippen LogP contribution in [0.3, 0.4) is 0 Å². The molecule has 1 unspecified atom stereocenters. The van der Waals surface area contributed by atoms with Gasteiger partial charge in [-0.15, -0.1) is 11.6 Å². The van der Waals surface area contributed by atoms with Crippen LogP contribution in [0.2, 0.25) is 0 Å². The largest absolute Gasteiger partial charge is 0.496 e. The third-order valence-electron chi connectivity index (χ3n) is 3.15. The van der Waals surface area contributed by atoms with Crippen LogP contribution in [0, 0.1) is 20.8 Å². The number of nitrogens with one attached hydrogen (secondary N) is 1. The molecule has 1 aromatic rings. The maximum Gasteiger partial charge on any atom is 0.124 e. The first kappa shape index (κ1) is 13.3. The summed E-state index contributed by atoms with van der Waals surface area (Å²) >= 11 is 5.96. The van der Waals surface area contributed by atoms with Crippen LogP contribution in [0.5, 0.6) is 5.75 Å². The fraction of sp³-hybridized carbons (Fsp3) is 0.538. The molecule has 0 fully saturated rings. The van der Waals surface area contributed by atoms with E-state index >= 15 is 0 Å². The lowest BCUT2D eigenvalue weighted by molar-refractivity contribution is 0.407. The summed E-state index contributed by atoms with van der Waals surface area (Å²) in [6.07, 6.45) is 0. The molecule has 0 aliphatic heterocycles. The van der Waals surface area contributed by atoms with Gasteiger partial charge in [0.15, 0.2) is 0 Å². The van der Waals surface area contributed by atoms with Crippen molar-refractivity contribution in [2.45, 2.75) is 26.8 Å². The lowest BCUT2D eigenvalue weighted by Crippen LogP contribution is -2.19. The fourth-order valence-electron chi connectivity index (χ4n) is 2.08. The van der Waals surface area contributed by atoms with Gasteiger partial charge in [-0.1, -0.05) is 6.07 Å².